The Morgan fingerprint density at radius 2 is 2.03 bits per heavy atom. The number of carbonyl (C=O) groups excluding carboxylic acids is 2. The highest BCUT2D eigenvalue weighted by atomic mass is 32.1. The van der Waals surface area contributed by atoms with Crippen LogP contribution in [0.4, 0.5) is 5.69 Å². The molecule has 1 aromatic carbocycles. The van der Waals surface area contributed by atoms with Crippen LogP contribution in [0, 0.1) is 11.8 Å². The molecule has 0 bridgehead atoms. The maximum atomic E-state index is 12.8. The smallest absolute Gasteiger partial charge is 0.275 e. The van der Waals surface area contributed by atoms with Gasteiger partial charge in [-0.25, -0.2) is 4.98 Å². The molecule has 150 valence electrons. The number of fused-ring (bicyclic) bond motifs is 1. The third kappa shape index (κ3) is 4.15. The van der Waals surface area contributed by atoms with Gasteiger partial charge in [-0.3, -0.25) is 14.6 Å². The van der Waals surface area contributed by atoms with Crippen molar-refractivity contribution in [2.45, 2.75) is 39.2 Å². The molecule has 0 aliphatic heterocycles. The number of thiazole rings is 1. The first-order chi connectivity index (χ1) is 14.0. The summed E-state index contributed by atoms with van der Waals surface area (Å²) in [6, 6.07) is 7.40. The number of carbonyl (C=O) groups is 2. The molecule has 7 heteroatoms. The number of benzene rings is 1. The van der Waals surface area contributed by atoms with Crippen LogP contribution in [0.1, 0.15) is 54.6 Å². The van der Waals surface area contributed by atoms with Crippen molar-refractivity contribution in [1.82, 2.24) is 15.3 Å². The van der Waals surface area contributed by atoms with Crippen molar-refractivity contribution in [3.63, 3.8) is 0 Å². The summed E-state index contributed by atoms with van der Waals surface area (Å²) in [5.74, 6) is 0.150. The van der Waals surface area contributed by atoms with Crippen LogP contribution in [-0.2, 0) is 4.79 Å². The number of aromatic nitrogens is 2. The first-order valence-corrected chi connectivity index (χ1v) is 10.8. The summed E-state index contributed by atoms with van der Waals surface area (Å²) in [5, 5.41) is 10.5. The van der Waals surface area contributed by atoms with Gasteiger partial charge in [-0.15, -0.1) is 11.3 Å². The van der Waals surface area contributed by atoms with Crippen LogP contribution in [0.5, 0.6) is 0 Å². The fraction of sp³-hybridized carbons (Fsp3) is 0.364. The number of hydrogen-bond acceptors (Lipinski definition) is 5. The molecule has 2 heterocycles. The lowest BCUT2D eigenvalue weighted by Crippen LogP contribution is -2.38. The number of nitrogens with one attached hydrogen (secondary N) is 2. The quantitative estimate of drug-likeness (QED) is 0.626. The van der Waals surface area contributed by atoms with E-state index in [0.29, 0.717) is 5.69 Å². The van der Waals surface area contributed by atoms with Crippen LogP contribution in [0.2, 0.25) is 0 Å². The molecular formula is C22H24N4O2S. The van der Waals surface area contributed by atoms with E-state index >= 15 is 0 Å². The first kappa shape index (κ1) is 19.5. The maximum absolute atomic E-state index is 12.8. The number of pyridine rings is 1. The molecule has 2 aromatic heterocycles. The molecule has 1 aliphatic carbocycles. The summed E-state index contributed by atoms with van der Waals surface area (Å²) in [4.78, 5) is 33.8. The third-order valence-electron chi connectivity index (χ3n) is 5.39. The normalized spacial score (nSPS) is 15.1. The molecule has 2 N–H and O–H groups in total. The van der Waals surface area contributed by atoms with Crippen molar-refractivity contribution in [1.29, 1.82) is 0 Å². The van der Waals surface area contributed by atoms with Crippen molar-refractivity contribution in [2.75, 3.05) is 5.32 Å². The summed E-state index contributed by atoms with van der Waals surface area (Å²) in [5.41, 5.74) is 1.09. The van der Waals surface area contributed by atoms with Gasteiger partial charge in [0.1, 0.15) is 10.7 Å². The van der Waals surface area contributed by atoms with Crippen molar-refractivity contribution in [2.24, 2.45) is 11.8 Å². The molecule has 6 nitrogen and oxygen atoms in total. The molecular weight excluding hydrogens is 384 g/mol. The summed E-state index contributed by atoms with van der Waals surface area (Å²) in [6.45, 7) is 4.11. The Balaban J connectivity index is 1.51. The Kier molecular flexibility index (Phi) is 5.58. The standard InChI is InChI=1S/C22H24N4O2S/c1-13(2)19(26-20(27)14-5-3-6-14)22-25-18(12-29-22)21(28)24-17-8-4-7-15-11-23-10-9-16(15)17/h4,7-14,19H,3,5-6H2,1-2H3,(H,24,28)(H,26,27)/t19-/m0/s1. The van der Waals surface area contributed by atoms with Crippen molar-refractivity contribution >= 4 is 39.6 Å². The topological polar surface area (TPSA) is 84.0 Å². The largest absolute Gasteiger partial charge is 0.346 e. The number of hydrogen-bond donors (Lipinski definition) is 2. The highest BCUT2D eigenvalue weighted by Gasteiger charge is 2.29. The molecule has 4 rings (SSSR count). The second-order valence-corrected chi connectivity index (χ2v) is 8.68. The van der Waals surface area contributed by atoms with E-state index in [2.05, 4.69) is 34.4 Å². The zero-order valence-corrected chi connectivity index (χ0v) is 17.3. The van der Waals surface area contributed by atoms with Gasteiger partial charge in [-0.05, 0) is 30.9 Å². The highest BCUT2D eigenvalue weighted by molar-refractivity contribution is 7.10. The summed E-state index contributed by atoms with van der Waals surface area (Å²) >= 11 is 1.41. The molecule has 0 saturated heterocycles. The minimum absolute atomic E-state index is 0.0977. The molecule has 3 aromatic rings. The Morgan fingerprint density at radius 3 is 2.76 bits per heavy atom. The average Bonchev–Trinajstić information content (AvgIpc) is 3.14. The lowest BCUT2D eigenvalue weighted by molar-refractivity contribution is -0.128. The fourth-order valence-electron chi connectivity index (χ4n) is 3.41. The van der Waals surface area contributed by atoms with Crippen LogP contribution in [0.3, 0.4) is 0 Å². The van der Waals surface area contributed by atoms with Gasteiger partial charge < -0.3 is 10.6 Å². The monoisotopic (exact) mass is 408 g/mol. The lowest BCUT2D eigenvalue weighted by atomic mass is 9.84. The van der Waals surface area contributed by atoms with Crippen LogP contribution < -0.4 is 10.6 Å². The van der Waals surface area contributed by atoms with Crippen LogP contribution >= 0.6 is 11.3 Å². The number of amides is 2. The van der Waals surface area contributed by atoms with E-state index < -0.39 is 0 Å². The molecule has 2 amide bonds. The van der Waals surface area contributed by atoms with E-state index in [-0.39, 0.29) is 29.7 Å². The molecule has 0 unspecified atom stereocenters. The predicted octanol–water partition coefficient (Wildman–Crippen LogP) is 4.56. The highest BCUT2D eigenvalue weighted by Crippen LogP contribution is 2.30. The number of nitrogens with zero attached hydrogens (tertiary/aromatic N) is 2. The lowest BCUT2D eigenvalue weighted by Gasteiger charge is -2.28. The van der Waals surface area contributed by atoms with Crippen molar-refractivity contribution in [3.8, 4) is 0 Å². The Bertz CT molecular complexity index is 1040. The van der Waals surface area contributed by atoms with E-state index in [1.807, 2.05) is 24.3 Å². The van der Waals surface area contributed by atoms with E-state index in [4.69, 9.17) is 0 Å². The van der Waals surface area contributed by atoms with Gasteiger partial charge in [-0.2, -0.15) is 0 Å². The molecule has 1 aliphatic rings. The van der Waals surface area contributed by atoms with Gasteiger partial charge >= 0.3 is 0 Å². The molecule has 1 saturated carbocycles. The second-order valence-electron chi connectivity index (χ2n) is 7.79. The zero-order chi connectivity index (χ0) is 20.4. The minimum Gasteiger partial charge on any atom is -0.346 e. The van der Waals surface area contributed by atoms with Crippen LogP contribution in [-0.4, -0.2) is 21.8 Å². The fourth-order valence-corrected chi connectivity index (χ4v) is 4.43. The Morgan fingerprint density at radius 1 is 1.21 bits per heavy atom. The van der Waals surface area contributed by atoms with Crippen molar-refractivity contribution < 1.29 is 9.59 Å². The van der Waals surface area contributed by atoms with Gasteiger partial charge in [-0.1, -0.05) is 32.4 Å². The van der Waals surface area contributed by atoms with Crippen LogP contribution in [0.25, 0.3) is 10.8 Å². The number of rotatable bonds is 6. The van der Waals surface area contributed by atoms with E-state index in [9.17, 15) is 9.59 Å². The maximum Gasteiger partial charge on any atom is 0.275 e. The molecule has 0 spiro atoms. The third-order valence-corrected chi connectivity index (χ3v) is 6.32. The first-order valence-electron chi connectivity index (χ1n) is 9.93. The minimum atomic E-state index is -0.260. The zero-order valence-electron chi connectivity index (χ0n) is 16.5. The van der Waals surface area contributed by atoms with Gasteiger partial charge in [0.05, 0.1) is 6.04 Å². The summed E-state index contributed by atoms with van der Waals surface area (Å²) in [6.07, 6.45) is 6.52. The van der Waals surface area contributed by atoms with E-state index in [1.54, 1.807) is 17.8 Å². The Hall–Kier alpha value is -2.80. The molecule has 1 fully saturated rings. The SMILES string of the molecule is CC(C)[C@H](NC(=O)C1CCC1)c1nc(C(=O)Nc2cccc3cnccc23)cs1. The van der Waals surface area contributed by atoms with Crippen LogP contribution in [0.15, 0.2) is 42.0 Å². The molecule has 1 atom stereocenters. The van der Waals surface area contributed by atoms with Gasteiger partial charge in [0.25, 0.3) is 5.91 Å². The summed E-state index contributed by atoms with van der Waals surface area (Å²) in [7, 11) is 0. The van der Waals surface area contributed by atoms with Crippen molar-refractivity contribution in [3.05, 3.63) is 52.7 Å². The number of anilines is 1. The second kappa shape index (κ2) is 8.29. The summed E-state index contributed by atoms with van der Waals surface area (Å²) < 4.78 is 0. The van der Waals surface area contributed by atoms with E-state index in [0.717, 1.165) is 40.7 Å². The predicted molar refractivity (Wildman–Crippen MR) is 115 cm³/mol. The molecule has 29 heavy (non-hydrogen) atoms. The van der Waals surface area contributed by atoms with E-state index in [1.165, 1.54) is 11.3 Å². The molecule has 0 radical (unpaired) electrons. The van der Waals surface area contributed by atoms with Gasteiger partial charge in [0, 0.05) is 40.2 Å². The Labute approximate surface area is 173 Å². The van der Waals surface area contributed by atoms with Gasteiger partial charge in [0.15, 0.2) is 0 Å². The average molecular weight is 409 g/mol. The van der Waals surface area contributed by atoms with Gasteiger partial charge in [0.2, 0.25) is 5.91 Å².